The van der Waals surface area contributed by atoms with Gasteiger partial charge in [0.05, 0.1) is 11.9 Å². The molecule has 2 heterocycles. The third-order valence-corrected chi connectivity index (χ3v) is 5.87. The molecule has 0 saturated carbocycles. The summed E-state index contributed by atoms with van der Waals surface area (Å²) in [5.41, 5.74) is 3.27. The zero-order valence-corrected chi connectivity index (χ0v) is 18.2. The lowest BCUT2D eigenvalue weighted by atomic mass is 9.88. The molecule has 4 rings (SSSR count). The molecule has 1 aliphatic heterocycles. The highest BCUT2D eigenvalue weighted by molar-refractivity contribution is 5.99. The Hall–Kier alpha value is -3.39. The lowest BCUT2D eigenvalue weighted by molar-refractivity contribution is -0.122. The Labute approximate surface area is 181 Å². The van der Waals surface area contributed by atoms with Gasteiger partial charge < -0.3 is 19.9 Å². The first-order valence-corrected chi connectivity index (χ1v) is 10.2. The number of aromatic nitrogens is 2. The van der Waals surface area contributed by atoms with Crippen LogP contribution in [0.25, 0.3) is 5.57 Å². The summed E-state index contributed by atoms with van der Waals surface area (Å²) >= 11 is 0. The van der Waals surface area contributed by atoms with Crippen LogP contribution in [0.15, 0.2) is 48.8 Å². The van der Waals surface area contributed by atoms with Crippen LogP contribution < -0.4 is 10.2 Å². The second-order valence-corrected chi connectivity index (χ2v) is 8.45. The number of benzene rings is 1. The van der Waals surface area contributed by atoms with Gasteiger partial charge >= 0.3 is 0 Å². The van der Waals surface area contributed by atoms with Gasteiger partial charge in [0, 0.05) is 14.1 Å². The summed E-state index contributed by atoms with van der Waals surface area (Å²) < 4.78 is 1.52. The molecule has 2 unspecified atom stereocenters. The first kappa shape index (κ1) is 20.9. The Balaban J connectivity index is 1.45. The molecule has 0 radical (unpaired) electrons. The van der Waals surface area contributed by atoms with Crippen molar-refractivity contribution in [3.05, 3.63) is 65.6 Å². The minimum atomic E-state index is -1.09. The summed E-state index contributed by atoms with van der Waals surface area (Å²) in [6, 6.07) is 8.36. The van der Waals surface area contributed by atoms with Crippen LogP contribution in [0.2, 0.25) is 0 Å². The summed E-state index contributed by atoms with van der Waals surface area (Å²) in [5, 5.41) is 13.2. The van der Waals surface area contributed by atoms with Crippen molar-refractivity contribution in [3.63, 3.8) is 0 Å². The summed E-state index contributed by atoms with van der Waals surface area (Å²) in [4.78, 5) is 32.3. The Morgan fingerprint density at radius 3 is 2.61 bits per heavy atom. The Morgan fingerprint density at radius 1 is 1.26 bits per heavy atom. The van der Waals surface area contributed by atoms with Crippen molar-refractivity contribution in [1.29, 1.82) is 0 Å². The van der Waals surface area contributed by atoms with Gasteiger partial charge in [-0.3, -0.25) is 14.5 Å². The van der Waals surface area contributed by atoms with Crippen LogP contribution in [0.5, 0.6) is 0 Å². The predicted molar refractivity (Wildman–Crippen MR) is 118 cm³/mol. The molecular weight excluding hydrogens is 394 g/mol. The summed E-state index contributed by atoms with van der Waals surface area (Å²) in [6.07, 6.45) is 7.20. The van der Waals surface area contributed by atoms with Crippen molar-refractivity contribution in [2.75, 3.05) is 19.0 Å². The summed E-state index contributed by atoms with van der Waals surface area (Å²) in [5.74, 6) is -0.234. The van der Waals surface area contributed by atoms with Crippen molar-refractivity contribution in [1.82, 2.24) is 19.8 Å². The van der Waals surface area contributed by atoms with E-state index in [-0.39, 0.29) is 24.1 Å². The number of imidazole rings is 1. The van der Waals surface area contributed by atoms with E-state index < -0.39 is 11.9 Å². The summed E-state index contributed by atoms with van der Waals surface area (Å²) in [7, 11) is 3.16. The van der Waals surface area contributed by atoms with Crippen molar-refractivity contribution >= 4 is 23.2 Å². The number of anilines is 1. The maximum Gasteiger partial charge on any atom is 0.277 e. The van der Waals surface area contributed by atoms with Gasteiger partial charge in [0.15, 0.2) is 11.5 Å². The molecule has 1 aromatic carbocycles. The third-order valence-electron chi connectivity index (χ3n) is 5.87. The van der Waals surface area contributed by atoms with Crippen LogP contribution in [-0.2, 0) is 11.3 Å². The average molecular weight is 422 g/mol. The molecule has 1 aliphatic carbocycles. The molecule has 2 N–H and O–H groups in total. The maximum absolute atomic E-state index is 12.8. The Kier molecular flexibility index (Phi) is 5.18. The third kappa shape index (κ3) is 3.86. The van der Waals surface area contributed by atoms with E-state index in [2.05, 4.69) is 47.6 Å². The fraction of sp³-hybridized carbons (Fsp3) is 0.348. The highest BCUT2D eigenvalue weighted by Gasteiger charge is 2.36. The van der Waals surface area contributed by atoms with Crippen LogP contribution in [-0.4, -0.2) is 57.4 Å². The number of rotatable bonds is 4. The first-order chi connectivity index (χ1) is 14.7. The van der Waals surface area contributed by atoms with Crippen molar-refractivity contribution in [2.24, 2.45) is 0 Å². The standard InChI is InChI=1S/C23H27N5O3/c1-15-5-7-16(8-6-15)17-9-11-23(2,12-10-17)25-18(29)13-28-14-24-20-19(28)21(30)27(4)22(31)26(20)3/h5-11,14,22,31H,12-13H2,1-4H3,(H,25,29). The van der Waals surface area contributed by atoms with Gasteiger partial charge in [-0.2, -0.15) is 0 Å². The lowest BCUT2D eigenvalue weighted by Gasteiger charge is -2.36. The fourth-order valence-corrected chi connectivity index (χ4v) is 3.91. The number of aryl methyl sites for hydroxylation is 1. The number of hydrogen-bond donors (Lipinski definition) is 2. The number of fused-ring (bicyclic) bond motifs is 1. The van der Waals surface area contributed by atoms with Crippen molar-refractivity contribution in [3.8, 4) is 0 Å². The van der Waals surface area contributed by atoms with Gasteiger partial charge in [-0.15, -0.1) is 0 Å². The Morgan fingerprint density at radius 2 is 1.97 bits per heavy atom. The first-order valence-electron chi connectivity index (χ1n) is 10.2. The fourth-order valence-electron chi connectivity index (χ4n) is 3.91. The average Bonchev–Trinajstić information content (AvgIpc) is 3.15. The Bertz CT molecular complexity index is 1090. The number of allylic oxidation sites excluding steroid dienone is 2. The quantitative estimate of drug-likeness (QED) is 0.787. The van der Waals surface area contributed by atoms with Gasteiger partial charge in [0.1, 0.15) is 6.54 Å². The molecule has 0 saturated heterocycles. The molecular formula is C23H27N5O3. The zero-order valence-electron chi connectivity index (χ0n) is 18.2. The predicted octanol–water partition coefficient (Wildman–Crippen LogP) is 1.91. The van der Waals surface area contributed by atoms with Gasteiger partial charge in [0.2, 0.25) is 12.3 Å². The smallest absolute Gasteiger partial charge is 0.277 e. The van der Waals surface area contributed by atoms with E-state index in [4.69, 9.17) is 0 Å². The molecule has 0 fully saturated rings. The van der Waals surface area contributed by atoms with E-state index in [1.807, 2.05) is 19.1 Å². The molecule has 1 aromatic heterocycles. The van der Waals surface area contributed by atoms with Crippen molar-refractivity contribution < 1.29 is 14.7 Å². The molecule has 2 aliphatic rings. The second kappa shape index (κ2) is 7.70. The van der Waals surface area contributed by atoms with Crippen molar-refractivity contribution in [2.45, 2.75) is 38.7 Å². The molecule has 0 bridgehead atoms. The highest BCUT2D eigenvalue weighted by Crippen LogP contribution is 2.28. The number of nitrogens with one attached hydrogen (secondary N) is 1. The summed E-state index contributed by atoms with van der Waals surface area (Å²) in [6.45, 7) is 3.99. The number of aliphatic hydroxyl groups is 1. The highest BCUT2D eigenvalue weighted by atomic mass is 16.3. The van der Waals surface area contributed by atoms with Gasteiger partial charge in [-0.05, 0) is 31.4 Å². The molecule has 31 heavy (non-hydrogen) atoms. The maximum atomic E-state index is 12.8. The molecule has 2 aromatic rings. The van der Waals surface area contributed by atoms with Crippen LogP contribution in [0, 0.1) is 6.92 Å². The number of carbonyl (C=O) groups excluding carboxylic acids is 2. The van der Waals surface area contributed by atoms with E-state index in [0.29, 0.717) is 12.2 Å². The zero-order chi connectivity index (χ0) is 22.3. The molecule has 8 nitrogen and oxygen atoms in total. The number of hydrogen-bond acceptors (Lipinski definition) is 5. The van der Waals surface area contributed by atoms with Gasteiger partial charge in [-0.1, -0.05) is 48.1 Å². The number of aliphatic hydroxyl groups excluding tert-OH is 1. The molecule has 2 amide bonds. The molecule has 2 atom stereocenters. The minimum Gasteiger partial charge on any atom is -0.356 e. The number of carbonyl (C=O) groups is 2. The second-order valence-electron chi connectivity index (χ2n) is 8.45. The van der Waals surface area contributed by atoms with Gasteiger partial charge in [-0.25, -0.2) is 4.98 Å². The van der Waals surface area contributed by atoms with Gasteiger partial charge in [0.25, 0.3) is 5.91 Å². The van der Waals surface area contributed by atoms with Crippen LogP contribution in [0.3, 0.4) is 0 Å². The largest absolute Gasteiger partial charge is 0.356 e. The normalized spacial score (nSPS) is 22.9. The van der Waals surface area contributed by atoms with Crippen LogP contribution in [0.1, 0.15) is 35.0 Å². The number of nitrogens with zero attached hydrogens (tertiary/aromatic N) is 4. The van der Waals surface area contributed by atoms with E-state index in [1.54, 1.807) is 7.05 Å². The van der Waals surface area contributed by atoms with Crippen LogP contribution in [0.4, 0.5) is 5.82 Å². The number of amides is 2. The topological polar surface area (TPSA) is 90.7 Å². The molecule has 162 valence electrons. The molecule has 8 heteroatoms. The SMILES string of the molecule is Cc1ccc(C2=CCC(C)(NC(=O)Cn3cnc4c3C(=O)N(C)C(O)N4C)C=C2)cc1. The minimum absolute atomic E-state index is 0.0379. The van der Waals surface area contributed by atoms with Crippen LogP contribution >= 0.6 is 0 Å². The van der Waals surface area contributed by atoms with E-state index in [9.17, 15) is 14.7 Å². The van der Waals surface area contributed by atoms with E-state index >= 15 is 0 Å². The van der Waals surface area contributed by atoms with E-state index in [0.717, 1.165) is 11.1 Å². The molecule has 0 spiro atoms. The van der Waals surface area contributed by atoms with E-state index in [1.165, 1.54) is 33.3 Å². The monoisotopic (exact) mass is 421 g/mol. The lowest BCUT2D eigenvalue weighted by Crippen LogP contribution is -2.52.